The first kappa shape index (κ1) is 13.0. The molecule has 2 aromatic rings. The summed E-state index contributed by atoms with van der Waals surface area (Å²) >= 11 is 5.17. The minimum Gasteiger partial charge on any atom is -0.507 e. The Morgan fingerprint density at radius 1 is 1.50 bits per heavy atom. The topological polar surface area (TPSA) is 75.4 Å². The molecule has 2 N–H and O–H groups in total. The third-order valence-electron chi connectivity index (χ3n) is 3.14. The fourth-order valence-electron chi connectivity index (χ4n) is 2.12. The molecule has 0 radical (unpaired) electrons. The molecular formula is C13H14N4O2S. The van der Waals surface area contributed by atoms with Gasteiger partial charge in [-0.2, -0.15) is 14.9 Å². The van der Waals surface area contributed by atoms with E-state index in [2.05, 4.69) is 15.3 Å². The smallest absolute Gasteiger partial charge is 0.216 e. The fourth-order valence-corrected chi connectivity index (χ4v) is 2.31. The predicted octanol–water partition coefficient (Wildman–Crippen LogP) is 2.38. The van der Waals surface area contributed by atoms with Gasteiger partial charge in [0.25, 0.3) is 0 Å². The minimum atomic E-state index is -0.0792. The van der Waals surface area contributed by atoms with Crippen molar-refractivity contribution in [2.75, 3.05) is 6.61 Å². The van der Waals surface area contributed by atoms with Gasteiger partial charge < -0.3 is 9.84 Å². The van der Waals surface area contributed by atoms with Gasteiger partial charge in [0, 0.05) is 12.2 Å². The van der Waals surface area contributed by atoms with E-state index >= 15 is 0 Å². The van der Waals surface area contributed by atoms with Gasteiger partial charge in [0.2, 0.25) is 4.77 Å². The Hall–Kier alpha value is -1.99. The maximum atomic E-state index is 9.71. The summed E-state index contributed by atoms with van der Waals surface area (Å²) in [5.41, 5.74) is 0.619. The minimum absolute atomic E-state index is 0.0792. The molecule has 0 unspecified atom stereocenters. The standard InChI is InChI=1S/C13H14N4O2S/c18-10-5-2-1-4-9(10)8-14-17-12(15-16-13(17)20)11-6-3-7-19-11/h1-2,4-5,8,11,18H,3,6-7H2,(H,16,20)/b14-8+/t11-/m1/s1. The van der Waals surface area contributed by atoms with E-state index in [1.165, 1.54) is 4.68 Å². The van der Waals surface area contributed by atoms with Crippen LogP contribution in [0.25, 0.3) is 0 Å². The molecule has 20 heavy (non-hydrogen) atoms. The molecule has 104 valence electrons. The zero-order valence-corrected chi connectivity index (χ0v) is 11.5. The summed E-state index contributed by atoms with van der Waals surface area (Å²) in [5, 5.41) is 20.9. The average Bonchev–Trinajstić information content (AvgIpc) is 3.08. The van der Waals surface area contributed by atoms with Crippen molar-refractivity contribution in [1.82, 2.24) is 14.9 Å². The SMILES string of the molecule is Oc1ccccc1/C=N/n1c([C@H]2CCCO2)n[nH]c1=S. The highest BCUT2D eigenvalue weighted by molar-refractivity contribution is 7.71. The molecule has 1 aliphatic heterocycles. The lowest BCUT2D eigenvalue weighted by Crippen LogP contribution is -2.05. The number of aromatic amines is 1. The second-order valence-corrected chi connectivity index (χ2v) is 4.89. The van der Waals surface area contributed by atoms with Gasteiger partial charge in [-0.1, -0.05) is 12.1 Å². The molecule has 1 fully saturated rings. The van der Waals surface area contributed by atoms with Crippen molar-refractivity contribution in [3.8, 4) is 5.75 Å². The molecule has 3 rings (SSSR count). The Morgan fingerprint density at radius 3 is 3.10 bits per heavy atom. The quantitative estimate of drug-likeness (QED) is 0.672. The third kappa shape index (κ3) is 2.50. The number of H-pyrrole nitrogens is 1. The van der Waals surface area contributed by atoms with Gasteiger partial charge in [0.15, 0.2) is 5.82 Å². The summed E-state index contributed by atoms with van der Waals surface area (Å²) < 4.78 is 7.54. The van der Waals surface area contributed by atoms with Crippen molar-refractivity contribution >= 4 is 18.4 Å². The van der Waals surface area contributed by atoms with Gasteiger partial charge in [-0.25, -0.2) is 0 Å². The highest BCUT2D eigenvalue weighted by Crippen LogP contribution is 2.27. The Morgan fingerprint density at radius 2 is 2.35 bits per heavy atom. The van der Waals surface area contributed by atoms with Gasteiger partial charge in [0.05, 0.1) is 6.21 Å². The summed E-state index contributed by atoms with van der Waals surface area (Å²) in [4.78, 5) is 0. The maximum Gasteiger partial charge on any atom is 0.216 e. The van der Waals surface area contributed by atoms with Crippen LogP contribution >= 0.6 is 12.2 Å². The summed E-state index contributed by atoms with van der Waals surface area (Å²) in [6, 6.07) is 6.97. The van der Waals surface area contributed by atoms with Crippen molar-refractivity contribution in [2.24, 2.45) is 5.10 Å². The number of phenols is 1. The summed E-state index contributed by atoms with van der Waals surface area (Å²) in [6.45, 7) is 0.730. The van der Waals surface area contributed by atoms with Crippen molar-refractivity contribution in [3.63, 3.8) is 0 Å². The lowest BCUT2D eigenvalue weighted by atomic mass is 10.2. The van der Waals surface area contributed by atoms with Gasteiger partial charge in [0.1, 0.15) is 11.9 Å². The highest BCUT2D eigenvalue weighted by Gasteiger charge is 2.23. The van der Waals surface area contributed by atoms with Crippen LogP contribution in [0.3, 0.4) is 0 Å². The Balaban J connectivity index is 1.93. The molecule has 0 bridgehead atoms. The zero-order chi connectivity index (χ0) is 13.9. The number of hydrogen-bond acceptors (Lipinski definition) is 5. The number of benzene rings is 1. The van der Waals surface area contributed by atoms with Crippen LogP contribution in [0.4, 0.5) is 0 Å². The average molecular weight is 290 g/mol. The van der Waals surface area contributed by atoms with E-state index in [-0.39, 0.29) is 11.9 Å². The molecule has 2 heterocycles. The number of rotatable bonds is 3. The molecule has 1 aliphatic rings. The molecule has 0 saturated carbocycles. The van der Waals surface area contributed by atoms with Crippen LogP contribution in [0.1, 0.15) is 30.3 Å². The van der Waals surface area contributed by atoms with Gasteiger partial charge >= 0.3 is 0 Å². The van der Waals surface area contributed by atoms with E-state index in [0.29, 0.717) is 16.2 Å². The van der Waals surface area contributed by atoms with Gasteiger partial charge in [-0.3, -0.25) is 5.10 Å². The van der Waals surface area contributed by atoms with Crippen molar-refractivity contribution in [3.05, 3.63) is 40.4 Å². The van der Waals surface area contributed by atoms with Crippen LogP contribution in [0.2, 0.25) is 0 Å². The van der Waals surface area contributed by atoms with E-state index in [1.54, 1.807) is 24.4 Å². The second kappa shape index (κ2) is 5.56. The molecule has 1 saturated heterocycles. The largest absolute Gasteiger partial charge is 0.507 e. The summed E-state index contributed by atoms with van der Waals surface area (Å²) in [7, 11) is 0. The third-order valence-corrected chi connectivity index (χ3v) is 3.41. The Bertz CT molecular complexity index is 686. The number of para-hydroxylation sites is 1. The molecule has 0 amide bonds. The summed E-state index contributed by atoms with van der Waals surface area (Å²) in [6.07, 6.45) is 3.39. The lowest BCUT2D eigenvalue weighted by molar-refractivity contribution is 0.102. The molecule has 0 spiro atoms. The first-order valence-electron chi connectivity index (χ1n) is 6.37. The molecular weight excluding hydrogens is 276 g/mol. The molecule has 1 aromatic carbocycles. The van der Waals surface area contributed by atoms with Crippen molar-refractivity contribution in [1.29, 1.82) is 0 Å². The number of nitrogens with one attached hydrogen (secondary N) is 1. The van der Waals surface area contributed by atoms with E-state index in [4.69, 9.17) is 17.0 Å². The zero-order valence-electron chi connectivity index (χ0n) is 10.7. The van der Waals surface area contributed by atoms with E-state index in [9.17, 15) is 5.11 Å². The first-order chi connectivity index (χ1) is 9.75. The van der Waals surface area contributed by atoms with Gasteiger partial charge in [-0.15, -0.1) is 0 Å². The lowest BCUT2D eigenvalue weighted by Gasteiger charge is -2.07. The van der Waals surface area contributed by atoms with E-state index in [0.717, 1.165) is 19.4 Å². The van der Waals surface area contributed by atoms with Crippen LogP contribution in [0, 0.1) is 4.77 Å². The molecule has 0 aliphatic carbocycles. The first-order valence-corrected chi connectivity index (χ1v) is 6.78. The number of phenolic OH excluding ortho intramolecular Hbond substituents is 1. The van der Waals surface area contributed by atoms with E-state index < -0.39 is 0 Å². The molecule has 1 aromatic heterocycles. The van der Waals surface area contributed by atoms with Crippen LogP contribution < -0.4 is 0 Å². The summed E-state index contributed by atoms with van der Waals surface area (Å²) in [5.74, 6) is 0.837. The van der Waals surface area contributed by atoms with Crippen LogP contribution in [0.5, 0.6) is 5.75 Å². The van der Waals surface area contributed by atoms with Crippen LogP contribution in [-0.4, -0.2) is 32.8 Å². The second-order valence-electron chi connectivity index (χ2n) is 4.50. The molecule has 7 heteroatoms. The Kier molecular flexibility index (Phi) is 3.62. The number of aromatic hydroxyl groups is 1. The normalized spacial score (nSPS) is 18.9. The number of nitrogens with zero attached hydrogens (tertiary/aromatic N) is 3. The Labute approximate surface area is 120 Å². The highest BCUT2D eigenvalue weighted by atomic mass is 32.1. The van der Waals surface area contributed by atoms with Crippen LogP contribution in [0.15, 0.2) is 29.4 Å². The van der Waals surface area contributed by atoms with Crippen molar-refractivity contribution in [2.45, 2.75) is 18.9 Å². The number of ether oxygens (including phenoxy) is 1. The van der Waals surface area contributed by atoms with Crippen molar-refractivity contribution < 1.29 is 9.84 Å². The number of aromatic nitrogens is 3. The maximum absolute atomic E-state index is 9.71. The predicted molar refractivity (Wildman–Crippen MR) is 76.4 cm³/mol. The molecule has 6 nitrogen and oxygen atoms in total. The van der Waals surface area contributed by atoms with Gasteiger partial charge in [-0.05, 0) is 37.2 Å². The monoisotopic (exact) mass is 290 g/mol. The fraction of sp³-hybridized carbons (Fsp3) is 0.308. The van der Waals surface area contributed by atoms with E-state index in [1.807, 2.05) is 6.07 Å². The molecule has 1 atom stereocenters. The number of hydrogen-bond donors (Lipinski definition) is 2. The van der Waals surface area contributed by atoms with Crippen LogP contribution in [-0.2, 0) is 4.74 Å².